The van der Waals surface area contributed by atoms with E-state index in [1.165, 1.54) is 12.7 Å². The number of halogens is 1. The third kappa shape index (κ3) is 3.73. The van der Waals surface area contributed by atoms with E-state index in [-0.39, 0.29) is 17.8 Å². The standard InChI is InChI=1S/C25H27ClN2O3/c1-31-25(30)17-13-11-16(12-14-17)23-19-5-2-3-8-21(19)28(27-23)24(29)22-18(15-9-10-15)6-4-7-20(22)26/h4,6-7,11,15,17H,2-3,5,8-10,12-14H2,1H3. The van der Waals surface area contributed by atoms with Crippen LogP contribution in [0.2, 0.25) is 5.02 Å². The number of nitrogens with zero attached hydrogens (tertiary/aromatic N) is 2. The molecule has 5 rings (SSSR count). The Morgan fingerprint density at radius 1 is 1.13 bits per heavy atom. The van der Waals surface area contributed by atoms with Crippen LogP contribution in [0.15, 0.2) is 24.3 Å². The molecule has 1 heterocycles. The molecule has 3 aliphatic carbocycles. The van der Waals surface area contributed by atoms with Gasteiger partial charge >= 0.3 is 5.97 Å². The van der Waals surface area contributed by atoms with Crippen LogP contribution in [0.4, 0.5) is 0 Å². The van der Waals surface area contributed by atoms with E-state index < -0.39 is 0 Å². The quantitative estimate of drug-likeness (QED) is 0.604. The van der Waals surface area contributed by atoms with Gasteiger partial charge < -0.3 is 4.74 Å². The summed E-state index contributed by atoms with van der Waals surface area (Å²) in [7, 11) is 1.44. The van der Waals surface area contributed by atoms with Gasteiger partial charge in [-0.3, -0.25) is 9.59 Å². The van der Waals surface area contributed by atoms with Crippen molar-refractivity contribution in [1.29, 1.82) is 0 Å². The van der Waals surface area contributed by atoms with Gasteiger partial charge in [0, 0.05) is 5.56 Å². The number of carbonyl (C=O) groups is 2. The SMILES string of the molecule is COC(=O)C1CC=C(c2nn(C(=O)c3c(Cl)cccc3C3CC3)c3c2CCCC3)CC1. The fourth-order valence-electron chi connectivity index (χ4n) is 5.06. The number of ether oxygens (including phenoxy) is 1. The summed E-state index contributed by atoms with van der Waals surface area (Å²) >= 11 is 6.53. The molecule has 0 radical (unpaired) electrons. The van der Waals surface area contributed by atoms with Gasteiger partial charge in [-0.1, -0.05) is 29.8 Å². The molecule has 6 heteroatoms. The Hall–Kier alpha value is -2.40. The van der Waals surface area contributed by atoms with E-state index in [9.17, 15) is 9.59 Å². The van der Waals surface area contributed by atoms with E-state index in [1.807, 2.05) is 12.1 Å². The van der Waals surface area contributed by atoms with Crippen molar-refractivity contribution in [3.63, 3.8) is 0 Å². The molecule has 3 aliphatic rings. The van der Waals surface area contributed by atoms with Crippen molar-refractivity contribution in [2.75, 3.05) is 7.11 Å². The van der Waals surface area contributed by atoms with Crippen molar-refractivity contribution in [3.8, 4) is 0 Å². The van der Waals surface area contributed by atoms with Crippen LogP contribution in [0.5, 0.6) is 0 Å². The average Bonchev–Trinajstić information content (AvgIpc) is 3.58. The fraction of sp³-hybridized carbons (Fsp3) is 0.480. The first kappa shape index (κ1) is 20.5. The van der Waals surface area contributed by atoms with Gasteiger partial charge in [-0.25, -0.2) is 0 Å². The molecule has 162 valence electrons. The van der Waals surface area contributed by atoms with E-state index in [0.717, 1.165) is 73.9 Å². The van der Waals surface area contributed by atoms with Crippen molar-refractivity contribution in [3.05, 3.63) is 57.4 Å². The number of benzene rings is 1. The first-order valence-electron chi connectivity index (χ1n) is 11.3. The van der Waals surface area contributed by atoms with Crippen LogP contribution in [-0.2, 0) is 22.4 Å². The van der Waals surface area contributed by atoms with Crippen LogP contribution in [0.3, 0.4) is 0 Å². The number of allylic oxidation sites excluding steroid dienone is 2. The van der Waals surface area contributed by atoms with Crippen molar-refractivity contribution < 1.29 is 14.3 Å². The van der Waals surface area contributed by atoms with Crippen molar-refractivity contribution in [2.45, 2.75) is 63.7 Å². The zero-order chi connectivity index (χ0) is 21.5. The molecule has 0 saturated heterocycles. The molecule has 0 aliphatic heterocycles. The van der Waals surface area contributed by atoms with E-state index in [1.54, 1.807) is 10.7 Å². The van der Waals surface area contributed by atoms with Gasteiger partial charge in [-0.15, -0.1) is 0 Å². The molecule has 1 atom stereocenters. The number of hydrogen-bond donors (Lipinski definition) is 0. The Morgan fingerprint density at radius 3 is 2.65 bits per heavy atom. The van der Waals surface area contributed by atoms with Gasteiger partial charge in [0.25, 0.3) is 5.91 Å². The molecule has 2 aromatic rings. The summed E-state index contributed by atoms with van der Waals surface area (Å²) in [6, 6.07) is 5.76. The normalized spacial score (nSPS) is 20.7. The number of methoxy groups -OCH3 is 1. The van der Waals surface area contributed by atoms with Crippen molar-refractivity contribution in [1.82, 2.24) is 9.78 Å². The van der Waals surface area contributed by atoms with Crippen molar-refractivity contribution in [2.24, 2.45) is 5.92 Å². The highest BCUT2D eigenvalue weighted by Gasteiger charge is 2.33. The number of carbonyl (C=O) groups excluding carboxylic acids is 2. The molecule has 31 heavy (non-hydrogen) atoms. The molecule has 5 nitrogen and oxygen atoms in total. The first-order valence-corrected chi connectivity index (χ1v) is 11.7. The Kier molecular flexibility index (Phi) is 5.47. The van der Waals surface area contributed by atoms with Crippen LogP contribution < -0.4 is 0 Å². The molecule has 1 aromatic carbocycles. The van der Waals surface area contributed by atoms with Gasteiger partial charge in [0.05, 0.1) is 35.0 Å². The molecule has 1 saturated carbocycles. The van der Waals surface area contributed by atoms with Gasteiger partial charge in [0.15, 0.2) is 0 Å². The third-order valence-corrected chi connectivity index (χ3v) is 7.21. The van der Waals surface area contributed by atoms with Crippen LogP contribution in [0.1, 0.15) is 83.7 Å². The highest BCUT2D eigenvalue weighted by Crippen LogP contribution is 2.44. The van der Waals surface area contributed by atoms with Gasteiger partial charge in [-0.05, 0) is 80.9 Å². The Bertz CT molecular complexity index is 1080. The summed E-state index contributed by atoms with van der Waals surface area (Å²) in [4.78, 5) is 25.6. The summed E-state index contributed by atoms with van der Waals surface area (Å²) < 4.78 is 6.54. The predicted molar refractivity (Wildman–Crippen MR) is 119 cm³/mol. The fourth-order valence-corrected chi connectivity index (χ4v) is 5.32. The maximum atomic E-state index is 13.7. The van der Waals surface area contributed by atoms with E-state index >= 15 is 0 Å². The topological polar surface area (TPSA) is 61.2 Å². The zero-order valence-corrected chi connectivity index (χ0v) is 18.6. The summed E-state index contributed by atoms with van der Waals surface area (Å²) in [5.74, 6) is 0.0856. The lowest BCUT2D eigenvalue weighted by atomic mass is 9.85. The summed E-state index contributed by atoms with van der Waals surface area (Å²) in [6.07, 6.45) is 10.5. The highest BCUT2D eigenvalue weighted by atomic mass is 35.5. The summed E-state index contributed by atoms with van der Waals surface area (Å²) in [5.41, 5.74) is 5.97. The number of rotatable bonds is 4. The number of aromatic nitrogens is 2. The van der Waals surface area contributed by atoms with Crippen LogP contribution in [0, 0.1) is 5.92 Å². The molecular weight excluding hydrogens is 412 g/mol. The molecule has 1 fully saturated rings. The molecule has 0 spiro atoms. The number of hydrogen-bond acceptors (Lipinski definition) is 4. The van der Waals surface area contributed by atoms with Crippen molar-refractivity contribution >= 4 is 29.1 Å². The summed E-state index contributed by atoms with van der Waals surface area (Å²) in [5, 5.41) is 5.38. The zero-order valence-electron chi connectivity index (χ0n) is 17.8. The molecule has 0 amide bonds. The minimum Gasteiger partial charge on any atom is -0.469 e. The first-order chi connectivity index (χ1) is 15.1. The Balaban J connectivity index is 1.53. The third-order valence-electron chi connectivity index (χ3n) is 6.90. The molecule has 1 unspecified atom stereocenters. The second kappa shape index (κ2) is 8.27. The predicted octanol–water partition coefficient (Wildman–Crippen LogP) is 5.34. The van der Waals surface area contributed by atoms with Gasteiger partial charge in [-0.2, -0.15) is 9.78 Å². The number of esters is 1. The average molecular weight is 439 g/mol. The van der Waals surface area contributed by atoms with E-state index in [2.05, 4.69) is 6.08 Å². The minimum atomic E-state index is -0.149. The Labute approximate surface area is 187 Å². The van der Waals surface area contributed by atoms with Crippen LogP contribution in [0.25, 0.3) is 5.57 Å². The lowest BCUT2D eigenvalue weighted by Gasteiger charge is -2.20. The lowest BCUT2D eigenvalue weighted by molar-refractivity contribution is -0.145. The molecular formula is C25H27ClN2O3. The number of fused-ring (bicyclic) bond motifs is 1. The molecule has 1 aromatic heterocycles. The lowest BCUT2D eigenvalue weighted by Crippen LogP contribution is -2.20. The largest absolute Gasteiger partial charge is 0.469 e. The molecule has 0 N–H and O–H groups in total. The van der Waals surface area contributed by atoms with Crippen LogP contribution >= 0.6 is 11.6 Å². The Morgan fingerprint density at radius 2 is 1.94 bits per heavy atom. The summed E-state index contributed by atoms with van der Waals surface area (Å²) in [6.45, 7) is 0. The van der Waals surface area contributed by atoms with E-state index in [4.69, 9.17) is 21.4 Å². The van der Waals surface area contributed by atoms with Gasteiger partial charge in [0.1, 0.15) is 0 Å². The van der Waals surface area contributed by atoms with Crippen LogP contribution in [-0.4, -0.2) is 28.8 Å². The maximum Gasteiger partial charge on any atom is 0.308 e. The second-order valence-corrected chi connectivity index (χ2v) is 9.31. The smallest absolute Gasteiger partial charge is 0.308 e. The minimum absolute atomic E-state index is 0.0856. The molecule has 0 bridgehead atoms. The maximum absolute atomic E-state index is 13.7. The van der Waals surface area contributed by atoms with Gasteiger partial charge in [0.2, 0.25) is 0 Å². The second-order valence-electron chi connectivity index (χ2n) is 8.90. The monoisotopic (exact) mass is 438 g/mol. The van der Waals surface area contributed by atoms with E-state index in [0.29, 0.717) is 22.9 Å². The highest BCUT2D eigenvalue weighted by molar-refractivity contribution is 6.34.